The summed E-state index contributed by atoms with van der Waals surface area (Å²) in [7, 11) is 1.84. The van der Waals surface area contributed by atoms with E-state index in [1.807, 2.05) is 25.2 Å². The molecule has 6 heteroatoms. The fourth-order valence-electron chi connectivity index (χ4n) is 2.37. The molecule has 109 valence electrons. The molecule has 1 radical (unpaired) electrons. The Kier molecular flexibility index (Phi) is 3.96. The lowest BCUT2D eigenvalue weighted by Crippen LogP contribution is -2.44. The summed E-state index contributed by atoms with van der Waals surface area (Å²) >= 11 is 0. The van der Waals surface area contributed by atoms with Gasteiger partial charge in [-0.25, -0.2) is 15.0 Å². The molecule has 0 aromatic carbocycles. The predicted molar refractivity (Wildman–Crippen MR) is 81.3 cm³/mol. The van der Waals surface area contributed by atoms with Crippen LogP contribution in [0.3, 0.4) is 0 Å². The van der Waals surface area contributed by atoms with Crippen molar-refractivity contribution in [1.29, 1.82) is 0 Å². The molecule has 0 bridgehead atoms. The van der Waals surface area contributed by atoms with Crippen molar-refractivity contribution in [1.82, 2.24) is 15.0 Å². The van der Waals surface area contributed by atoms with Crippen molar-refractivity contribution in [3.8, 4) is 11.4 Å². The van der Waals surface area contributed by atoms with Gasteiger partial charge in [0.1, 0.15) is 11.6 Å². The zero-order valence-corrected chi connectivity index (χ0v) is 12.2. The van der Waals surface area contributed by atoms with Crippen LogP contribution in [0, 0.1) is 6.20 Å². The van der Waals surface area contributed by atoms with E-state index in [0.29, 0.717) is 11.9 Å². The van der Waals surface area contributed by atoms with Crippen LogP contribution in [0.4, 0.5) is 11.6 Å². The first kappa shape index (κ1) is 13.8. The van der Waals surface area contributed by atoms with Crippen LogP contribution in [-0.2, 0) is 4.74 Å². The summed E-state index contributed by atoms with van der Waals surface area (Å²) in [4.78, 5) is 15.4. The van der Waals surface area contributed by atoms with E-state index in [2.05, 4.69) is 38.3 Å². The molecule has 1 unspecified atom stereocenters. The maximum absolute atomic E-state index is 5.47. The van der Waals surface area contributed by atoms with Gasteiger partial charge in [-0.2, -0.15) is 0 Å². The van der Waals surface area contributed by atoms with Gasteiger partial charge in [0.15, 0.2) is 5.82 Å². The number of aromatic nitrogens is 3. The van der Waals surface area contributed by atoms with E-state index >= 15 is 0 Å². The molecule has 3 rings (SSSR count). The van der Waals surface area contributed by atoms with Gasteiger partial charge >= 0.3 is 0 Å². The van der Waals surface area contributed by atoms with Crippen LogP contribution in [0.2, 0.25) is 0 Å². The third-order valence-electron chi connectivity index (χ3n) is 3.52. The van der Waals surface area contributed by atoms with Gasteiger partial charge in [-0.1, -0.05) is 0 Å². The molecule has 1 aliphatic heterocycles. The number of nitrogens with zero attached hydrogens (tertiary/aromatic N) is 4. The van der Waals surface area contributed by atoms with Gasteiger partial charge in [0.2, 0.25) is 0 Å². The maximum Gasteiger partial charge on any atom is 0.162 e. The highest BCUT2D eigenvalue weighted by molar-refractivity contribution is 5.61. The van der Waals surface area contributed by atoms with Crippen molar-refractivity contribution in [3.63, 3.8) is 0 Å². The molecule has 0 amide bonds. The van der Waals surface area contributed by atoms with Crippen molar-refractivity contribution >= 4 is 11.6 Å². The van der Waals surface area contributed by atoms with Crippen LogP contribution < -0.4 is 10.2 Å². The SMILES string of the molecule is CNc1cc(-c2n[c]cc(N3CCOCC3C)n2)ccn1. The Morgan fingerprint density at radius 2 is 2.38 bits per heavy atom. The predicted octanol–water partition coefficient (Wildman–Crippen LogP) is 1.61. The second-order valence-corrected chi connectivity index (χ2v) is 4.98. The van der Waals surface area contributed by atoms with E-state index in [0.717, 1.165) is 37.0 Å². The molecule has 2 aromatic rings. The van der Waals surface area contributed by atoms with Crippen LogP contribution in [0.1, 0.15) is 6.92 Å². The summed E-state index contributed by atoms with van der Waals surface area (Å²) in [6.07, 6.45) is 4.69. The molecule has 1 aliphatic rings. The lowest BCUT2D eigenvalue weighted by molar-refractivity contribution is 0.0985. The Balaban J connectivity index is 1.92. The highest BCUT2D eigenvalue weighted by atomic mass is 16.5. The molecule has 0 saturated carbocycles. The van der Waals surface area contributed by atoms with E-state index in [1.54, 1.807) is 6.20 Å². The summed E-state index contributed by atoms with van der Waals surface area (Å²) in [5.41, 5.74) is 0.924. The highest BCUT2D eigenvalue weighted by Crippen LogP contribution is 2.22. The number of hydrogen-bond acceptors (Lipinski definition) is 6. The zero-order valence-electron chi connectivity index (χ0n) is 12.2. The van der Waals surface area contributed by atoms with Gasteiger partial charge in [0, 0.05) is 31.4 Å². The molecule has 1 fully saturated rings. The van der Waals surface area contributed by atoms with E-state index in [-0.39, 0.29) is 0 Å². The second-order valence-electron chi connectivity index (χ2n) is 4.98. The second kappa shape index (κ2) is 6.05. The summed E-state index contributed by atoms with van der Waals surface area (Å²) in [6.45, 7) is 4.41. The van der Waals surface area contributed by atoms with E-state index in [1.165, 1.54) is 0 Å². The zero-order chi connectivity index (χ0) is 14.7. The van der Waals surface area contributed by atoms with Gasteiger partial charge in [0.05, 0.1) is 25.5 Å². The number of rotatable bonds is 3. The smallest absolute Gasteiger partial charge is 0.162 e. The fraction of sp³-hybridized carbons (Fsp3) is 0.400. The Labute approximate surface area is 124 Å². The van der Waals surface area contributed by atoms with Gasteiger partial charge in [-0.15, -0.1) is 0 Å². The molecule has 0 spiro atoms. The molecule has 2 aromatic heterocycles. The number of pyridine rings is 1. The lowest BCUT2D eigenvalue weighted by atomic mass is 10.2. The van der Waals surface area contributed by atoms with Crippen molar-refractivity contribution in [2.45, 2.75) is 13.0 Å². The Morgan fingerprint density at radius 3 is 3.19 bits per heavy atom. The van der Waals surface area contributed by atoms with Gasteiger partial charge in [0.25, 0.3) is 0 Å². The van der Waals surface area contributed by atoms with Crippen LogP contribution in [-0.4, -0.2) is 47.8 Å². The number of hydrogen-bond donors (Lipinski definition) is 1. The van der Waals surface area contributed by atoms with Crippen LogP contribution in [0.15, 0.2) is 24.4 Å². The minimum Gasteiger partial charge on any atom is -0.377 e. The fourth-order valence-corrected chi connectivity index (χ4v) is 2.37. The third kappa shape index (κ3) is 2.95. The number of anilines is 2. The number of nitrogens with one attached hydrogen (secondary N) is 1. The summed E-state index contributed by atoms with van der Waals surface area (Å²) in [6, 6.07) is 5.96. The maximum atomic E-state index is 5.47. The average molecular weight is 284 g/mol. The minimum absolute atomic E-state index is 0.306. The van der Waals surface area contributed by atoms with Gasteiger partial charge in [-0.05, 0) is 19.1 Å². The van der Waals surface area contributed by atoms with Gasteiger partial charge < -0.3 is 15.0 Å². The van der Waals surface area contributed by atoms with Crippen molar-refractivity contribution < 1.29 is 4.74 Å². The molecule has 21 heavy (non-hydrogen) atoms. The van der Waals surface area contributed by atoms with Crippen molar-refractivity contribution in [3.05, 3.63) is 30.6 Å². The Bertz CT molecular complexity index is 619. The molecule has 3 heterocycles. The van der Waals surface area contributed by atoms with Crippen LogP contribution >= 0.6 is 0 Å². The molecule has 1 saturated heterocycles. The number of morpholine rings is 1. The number of ether oxygens (including phenoxy) is 1. The average Bonchev–Trinajstić information content (AvgIpc) is 2.55. The van der Waals surface area contributed by atoms with E-state index < -0.39 is 0 Å². The van der Waals surface area contributed by atoms with Crippen molar-refractivity contribution in [2.24, 2.45) is 0 Å². The first-order valence-corrected chi connectivity index (χ1v) is 7.01. The monoisotopic (exact) mass is 284 g/mol. The highest BCUT2D eigenvalue weighted by Gasteiger charge is 2.20. The minimum atomic E-state index is 0.306. The first-order valence-electron chi connectivity index (χ1n) is 7.01. The molecule has 0 aliphatic carbocycles. The Morgan fingerprint density at radius 1 is 1.48 bits per heavy atom. The summed E-state index contributed by atoms with van der Waals surface area (Å²) in [5, 5.41) is 3.02. The molecular weight excluding hydrogens is 266 g/mol. The van der Waals surface area contributed by atoms with Crippen molar-refractivity contribution in [2.75, 3.05) is 37.0 Å². The molecule has 1 N–H and O–H groups in total. The largest absolute Gasteiger partial charge is 0.377 e. The lowest BCUT2D eigenvalue weighted by Gasteiger charge is -2.34. The third-order valence-corrected chi connectivity index (χ3v) is 3.52. The standard InChI is InChI=1S/C15H18N5O/c1-11-10-21-8-7-20(11)14-4-6-18-15(19-14)12-3-5-17-13(9-12)16-2/h3-5,9,11H,7-8,10H2,1-2H3,(H,16,17). The topological polar surface area (TPSA) is 63.2 Å². The summed E-state index contributed by atoms with van der Waals surface area (Å²) < 4.78 is 5.47. The van der Waals surface area contributed by atoms with E-state index in [9.17, 15) is 0 Å². The quantitative estimate of drug-likeness (QED) is 0.924. The molecule has 1 atom stereocenters. The molecule has 6 nitrogen and oxygen atoms in total. The van der Waals surface area contributed by atoms with Crippen LogP contribution in [0.25, 0.3) is 11.4 Å². The first-order chi connectivity index (χ1) is 10.3. The van der Waals surface area contributed by atoms with Gasteiger partial charge in [-0.3, -0.25) is 0 Å². The Hall–Kier alpha value is -2.21. The van der Waals surface area contributed by atoms with Crippen LogP contribution in [0.5, 0.6) is 0 Å². The summed E-state index contributed by atoms with van der Waals surface area (Å²) in [5.74, 6) is 2.34. The molecular formula is C15H18N5O. The normalized spacial score (nSPS) is 18.6. The van der Waals surface area contributed by atoms with E-state index in [4.69, 9.17) is 4.74 Å².